The van der Waals surface area contributed by atoms with E-state index in [1.165, 1.54) is 28.2 Å². The normalized spacial score (nSPS) is 10.9. The number of carboxylic acid groups (broad SMARTS) is 1. The van der Waals surface area contributed by atoms with Crippen molar-refractivity contribution in [2.24, 2.45) is 10.2 Å². The molecule has 0 aliphatic heterocycles. The first-order valence-corrected chi connectivity index (χ1v) is 11.5. The van der Waals surface area contributed by atoms with E-state index in [0.29, 0.717) is 10.8 Å². The zero-order chi connectivity index (χ0) is 24.4. The number of rotatable bonds is 6. The Morgan fingerprint density at radius 1 is 0.917 bits per heavy atom. The molecule has 0 saturated heterocycles. The minimum Gasteiger partial charge on any atom is -0.545 e. The van der Waals surface area contributed by atoms with Crippen molar-refractivity contribution in [2.45, 2.75) is 6.92 Å². The van der Waals surface area contributed by atoms with Crippen molar-refractivity contribution in [3.05, 3.63) is 106 Å². The van der Waals surface area contributed by atoms with Gasteiger partial charge >= 0.3 is 35.1 Å². The summed E-state index contributed by atoms with van der Waals surface area (Å²) < 4.78 is 1.34. The zero-order valence-corrected chi connectivity index (χ0v) is 22.3. The minimum absolute atomic E-state index is 0. The van der Waals surface area contributed by atoms with Gasteiger partial charge in [-0.15, -0.1) is 10.2 Å². The average molecular weight is 504 g/mol. The fourth-order valence-electron chi connectivity index (χ4n) is 3.64. The third kappa shape index (κ3) is 5.00. The summed E-state index contributed by atoms with van der Waals surface area (Å²) in [7, 11) is 0. The molecule has 5 aromatic rings. The molecule has 0 saturated carbocycles. The molecule has 2 aromatic heterocycles. The first-order chi connectivity index (χ1) is 17.0. The molecule has 3 aromatic carbocycles. The monoisotopic (exact) mass is 503 g/mol. The summed E-state index contributed by atoms with van der Waals surface area (Å²) in [5.74, 6) is -1.37. The van der Waals surface area contributed by atoms with E-state index in [4.69, 9.17) is 4.98 Å². The third-order valence-electron chi connectivity index (χ3n) is 5.33. The molecule has 0 spiro atoms. The fourth-order valence-corrected chi connectivity index (χ4v) is 4.53. The smallest absolute Gasteiger partial charge is 0.545 e. The summed E-state index contributed by atoms with van der Waals surface area (Å²) in [4.78, 5) is 30.6. The van der Waals surface area contributed by atoms with Gasteiger partial charge in [0.05, 0.1) is 23.0 Å². The van der Waals surface area contributed by atoms with Crippen molar-refractivity contribution in [1.29, 1.82) is 0 Å². The molecule has 0 unspecified atom stereocenters. The molecule has 0 bridgehead atoms. The quantitative estimate of drug-likeness (QED) is 0.282. The molecule has 0 atom stereocenters. The standard InChI is InChI=1S/C26H19N5O3S.Na/c1-16-21(17-10-4-2-5-11-17)27-26(35-16)31-24(32)23(22(30-31)18-12-6-3-7-13-18)29-28-20-15-9-8-14-19(20)25(33)34;/h2-15,30H,1H3,(H,33,34);/q;+1/p-1. The maximum absolute atomic E-state index is 13.5. The van der Waals surface area contributed by atoms with Crippen LogP contribution in [0.2, 0.25) is 0 Å². The molecular weight excluding hydrogens is 485 g/mol. The summed E-state index contributed by atoms with van der Waals surface area (Å²) in [6.07, 6.45) is 0. The Morgan fingerprint density at radius 2 is 1.53 bits per heavy atom. The van der Waals surface area contributed by atoms with Crippen LogP contribution in [0.1, 0.15) is 15.2 Å². The molecule has 10 heteroatoms. The van der Waals surface area contributed by atoms with Crippen LogP contribution in [-0.4, -0.2) is 20.7 Å². The van der Waals surface area contributed by atoms with Crippen molar-refractivity contribution in [3.8, 4) is 27.6 Å². The van der Waals surface area contributed by atoms with Crippen molar-refractivity contribution in [3.63, 3.8) is 0 Å². The molecule has 0 radical (unpaired) electrons. The van der Waals surface area contributed by atoms with E-state index >= 15 is 0 Å². The Kier molecular flexibility index (Phi) is 7.76. The molecule has 0 amide bonds. The number of benzene rings is 3. The van der Waals surface area contributed by atoms with Gasteiger partial charge in [-0.3, -0.25) is 9.89 Å². The van der Waals surface area contributed by atoms with Crippen molar-refractivity contribution < 1.29 is 39.5 Å². The number of thiazole rings is 1. The number of H-pyrrole nitrogens is 1. The molecule has 172 valence electrons. The summed E-state index contributed by atoms with van der Waals surface area (Å²) in [5.41, 5.74) is 2.48. The van der Waals surface area contributed by atoms with Crippen LogP contribution in [-0.2, 0) is 0 Å². The van der Waals surface area contributed by atoms with Gasteiger partial charge in [-0.05, 0) is 13.0 Å². The zero-order valence-electron chi connectivity index (χ0n) is 19.5. The largest absolute Gasteiger partial charge is 1.00 e. The number of carbonyl (C=O) groups is 1. The Balaban J connectivity index is 0.00000304. The van der Waals surface area contributed by atoms with Gasteiger partial charge in [-0.1, -0.05) is 90.2 Å². The second-order valence-electron chi connectivity index (χ2n) is 7.61. The number of hydrogen-bond acceptors (Lipinski definition) is 7. The van der Waals surface area contributed by atoms with E-state index in [2.05, 4.69) is 15.3 Å². The second kappa shape index (κ2) is 11.0. The molecule has 8 nitrogen and oxygen atoms in total. The van der Waals surface area contributed by atoms with Gasteiger partial charge in [0, 0.05) is 21.6 Å². The van der Waals surface area contributed by atoms with Gasteiger partial charge in [0.15, 0.2) is 5.69 Å². The van der Waals surface area contributed by atoms with E-state index in [9.17, 15) is 14.7 Å². The number of carboxylic acids is 1. The van der Waals surface area contributed by atoms with Crippen LogP contribution < -0.4 is 40.2 Å². The molecule has 5 rings (SSSR count). The molecule has 0 fully saturated rings. The molecule has 1 N–H and O–H groups in total. The maximum atomic E-state index is 13.5. The van der Waals surface area contributed by atoms with Crippen LogP contribution in [0.3, 0.4) is 0 Å². The van der Waals surface area contributed by atoms with Crippen LogP contribution in [0, 0.1) is 6.92 Å². The van der Waals surface area contributed by atoms with E-state index in [0.717, 1.165) is 21.7 Å². The van der Waals surface area contributed by atoms with Gasteiger partial charge in [-0.2, -0.15) is 4.68 Å². The van der Waals surface area contributed by atoms with Crippen LogP contribution in [0.25, 0.3) is 27.6 Å². The van der Waals surface area contributed by atoms with Gasteiger partial charge < -0.3 is 9.90 Å². The first-order valence-electron chi connectivity index (χ1n) is 10.7. The van der Waals surface area contributed by atoms with Crippen LogP contribution >= 0.6 is 11.3 Å². The van der Waals surface area contributed by atoms with E-state index in [1.54, 1.807) is 12.1 Å². The molecule has 2 heterocycles. The molecule has 0 aliphatic rings. The topological polar surface area (TPSA) is 116 Å². The van der Waals surface area contributed by atoms with Crippen molar-refractivity contribution in [2.75, 3.05) is 0 Å². The summed E-state index contributed by atoms with van der Waals surface area (Å²) >= 11 is 1.38. The maximum Gasteiger partial charge on any atom is 1.00 e. The van der Waals surface area contributed by atoms with Gasteiger partial charge in [-0.25, -0.2) is 4.98 Å². The number of aromatic amines is 1. The minimum atomic E-state index is -1.37. The number of aromatic nitrogens is 3. The number of aryl methyl sites for hydroxylation is 1. The Labute approximate surface area is 232 Å². The summed E-state index contributed by atoms with van der Waals surface area (Å²) in [6, 6.07) is 25.1. The average Bonchev–Trinajstić information content (AvgIpc) is 3.43. The van der Waals surface area contributed by atoms with E-state index in [1.807, 2.05) is 67.6 Å². The van der Waals surface area contributed by atoms with Crippen LogP contribution in [0.15, 0.2) is 100.0 Å². The number of aromatic carboxylic acids is 1. The summed E-state index contributed by atoms with van der Waals surface area (Å²) in [6.45, 7) is 1.95. The van der Waals surface area contributed by atoms with Crippen LogP contribution in [0.5, 0.6) is 0 Å². The van der Waals surface area contributed by atoms with Gasteiger partial charge in [0.1, 0.15) is 0 Å². The van der Waals surface area contributed by atoms with E-state index < -0.39 is 11.5 Å². The Bertz CT molecular complexity index is 1610. The molecule has 0 aliphatic carbocycles. The number of carbonyl (C=O) groups excluding carboxylic acids is 1. The third-order valence-corrected chi connectivity index (χ3v) is 6.29. The fraction of sp³-hybridized carbons (Fsp3) is 0.0385. The second-order valence-corrected chi connectivity index (χ2v) is 8.80. The summed E-state index contributed by atoms with van der Waals surface area (Å²) in [5, 5.41) is 23.3. The Morgan fingerprint density at radius 3 is 2.19 bits per heavy atom. The predicted octanol–water partition coefficient (Wildman–Crippen LogP) is 2.05. The number of nitrogens with one attached hydrogen (secondary N) is 1. The molecule has 36 heavy (non-hydrogen) atoms. The number of nitrogens with zero attached hydrogens (tertiary/aromatic N) is 4. The molecular formula is C26H18N5NaO3S. The SMILES string of the molecule is Cc1sc(-n2[nH]c(-c3ccccc3)c(N=Nc3ccccc3C(=O)[O-])c2=O)nc1-c1ccccc1.[Na+]. The van der Waals surface area contributed by atoms with Gasteiger partial charge in [0.25, 0.3) is 0 Å². The number of hydrogen-bond donors (Lipinski definition) is 1. The van der Waals surface area contributed by atoms with E-state index in [-0.39, 0.29) is 46.5 Å². The Hall–Kier alpha value is -3.63. The first kappa shape index (κ1) is 25.5. The number of azo groups is 1. The van der Waals surface area contributed by atoms with Crippen molar-refractivity contribution >= 4 is 28.7 Å². The predicted molar refractivity (Wildman–Crippen MR) is 133 cm³/mol. The van der Waals surface area contributed by atoms with Crippen LogP contribution in [0.4, 0.5) is 11.4 Å². The van der Waals surface area contributed by atoms with Gasteiger partial charge in [0.2, 0.25) is 5.13 Å². The van der Waals surface area contributed by atoms with Crippen molar-refractivity contribution in [1.82, 2.24) is 14.8 Å².